The summed E-state index contributed by atoms with van der Waals surface area (Å²) < 4.78 is 11.3. The van der Waals surface area contributed by atoms with E-state index in [1.54, 1.807) is 0 Å². The lowest BCUT2D eigenvalue weighted by atomic mass is 9.90. The molecule has 1 saturated heterocycles. The Bertz CT molecular complexity index is 288. The zero-order valence-electron chi connectivity index (χ0n) is 10.0. The van der Waals surface area contributed by atoms with E-state index in [9.17, 15) is 4.79 Å². The summed E-state index contributed by atoms with van der Waals surface area (Å²) in [4.78, 5) is 11.6. The summed E-state index contributed by atoms with van der Waals surface area (Å²) in [5.41, 5.74) is 0. The van der Waals surface area contributed by atoms with Crippen LogP contribution in [0.15, 0.2) is 0 Å². The lowest BCUT2D eigenvalue weighted by Crippen LogP contribution is -2.47. The van der Waals surface area contributed by atoms with Crippen LogP contribution in [-0.2, 0) is 9.47 Å². The van der Waals surface area contributed by atoms with Gasteiger partial charge in [-0.15, -0.1) is 0 Å². The van der Waals surface area contributed by atoms with Crippen molar-refractivity contribution in [2.75, 3.05) is 13.2 Å². The molecule has 2 amide bonds. The Balaban J connectivity index is 1.42. The van der Waals surface area contributed by atoms with E-state index < -0.39 is 0 Å². The predicted molar refractivity (Wildman–Crippen MR) is 61.6 cm³/mol. The molecule has 1 aliphatic heterocycles. The van der Waals surface area contributed by atoms with Crippen LogP contribution in [0.5, 0.6) is 0 Å². The molecule has 0 atom stereocenters. The second-order valence-electron chi connectivity index (χ2n) is 5.27. The van der Waals surface area contributed by atoms with Gasteiger partial charge in [-0.1, -0.05) is 0 Å². The largest absolute Gasteiger partial charge is 0.348 e. The average molecular weight is 240 g/mol. The van der Waals surface area contributed by atoms with Crippen LogP contribution < -0.4 is 10.6 Å². The molecule has 5 heteroatoms. The quantitative estimate of drug-likeness (QED) is 0.760. The minimum absolute atomic E-state index is 0.0123. The van der Waals surface area contributed by atoms with Crippen LogP contribution in [-0.4, -0.2) is 37.1 Å². The van der Waals surface area contributed by atoms with Gasteiger partial charge in [0, 0.05) is 24.9 Å². The van der Waals surface area contributed by atoms with Gasteiger partial charge < -0.3 is 20.1 Å². The molecule has 0 aromatic rings. The summed E-state index contributed by atoms with van der Waals surface area (Å²) in [5, 5.41) is 5.99. The zero-order valence-corrected chi connectivity index (χ0v) is 10.0. The third kappa shape index (κ3) is 2.72. The molecular weight excluding hydrogens is 220 g/mol. The number of amides is 2. The van der Waals surface area contributed by atoms with Crippen LogP contribution in [0, 0.1) is 0 Å². The fourth-order valence-corrected chi connectivity index (χ4v) is 2.63. The fraction of sp³-hybridized carbons (Fsp3) is 0.917. The highest BCUT2D eigenvalue weighted by Gasteiger charge is 2.40. The molecule has 2 aliphatic carbocycles. The highest BCUT2D eigenvalue weighted by atomic mass is 16.7. The second-order valence-corrected chi connectivity index (χ2v) is 5.27. The van der Waals surface area contributed by atoms with Crippen molar-refractivity contribution in [3.8, 4) is 0 Å². The SMILES string of the molecule is O=C(NC1CC1)NC1CCC2(CC1)OCCO2. The summed E-state index contributed by atoms with van der Waals surface area (Å²) in [5.74, 6) is -0.328. The highest BCUT2D eigenvalue weighted by molar-refractivity contribution is 5.74. The monoisotopic (exact) mass is 240 g/mol. The first kappa shape index (κ1) is 11.3. The first-order chi connectivity index (χ1) is 8.26. The molecule has 2 saturated carbocycles. The van der Waals surface area contributed by atoms with E-state index in [1.807, 2.05) is 0 Å². The van der Waals surface area contributed by atoms with Gasteiger partial charge >= 0.3 is 6.03 Å². The first-order valence-electron chi connectivity index (χ1n) is 6.61. The molecule has 5 nitrogen and oxygen atoms in total. The van der Waals surface area contributed by atoms with Crippen molar-refractivity contribution >= 4 is 6.03 Å². The van der Waals surface area contributed by atoms with Gasteiger partial charge in [-0.25, -0.2) is 4.79 Å². The zero-order chi connectivity index (χ0) is 11.7. The Morgan fingerprint density at radius 2 is 1.47 bits per heavy atom. The summed E-state index contributed by atoms with van der Waals surface area (Å²) in [6.45, 7) is 1.42. The predicted octanol–water partition coefficient (Wildman–Crippen LogP) is 1.13. The molecule has 96 valence electrons. The molecule has 0 aromatic carbocycles. The van der Waals surface area contributed by atoms with Gasteiger partial charge in [0.25, 0.3) is 0 Å². The lowest BCUT2D eigenvalue weighted by molar-refractivity contribution is -0.179. The molecule has 3 rings (SSSR count). The number of rotatable bonds is 2. The summed E-state index contributed by atoms with van der Waals surface area (Å²) in [6, 6.07) is 0.681. The van der Waals surface area contributed by atoms with Crippen LogP contribution in [0.4, 0.5) is 4.79 Å². The standard InChI is InChI=1S/C12H20N2O3/c15-11(13-9-1-2-9)14-10-3-5-12(6-4-10)16-7-8-17-12/h9-10H,1-8H2,(H2,13,14,15). The van der Waals surface area contributed by atoms with Crippen molar-refractivity contribution < 1.29 is 14.3 Å². The molecule has 17 heavy (non-hydrogen) atoms. The van der Waals surface area contributed by atoms with Crippen LogP contribution in [0.2, 0.25) is 0 Å². The van der Waals surface area contributed by atoms with Crippen molar-refractivity contribution in [3.63, 3.8) is 0 Å². The van der Waals surface area contributed by atoms with Crippen molar-refractivity contribution in [2.45, 2.75) is 56.4 Å². The maximum Gasteiger partial charge on any atom is 0.315 e. The smallest absolute Gasteiger partial charge is 0.315 e. The molecule has 0 bridgehead atoms. The van der Waals surface area contributed by atoms with E-state index in [4.69, 9.17) is 9.47 Å². The minimum atomic E-state index is -0.328. The molecule has 0 unspecified atom stereocenters. The molecule has 0 aromatic heterocycles. The van der Waals surface area contributed by atoms with Crippen molar-refractivity contribution in [2.24, 2.45) is 0 Å². The Morgan fingerprint density at radius 3 is 2.00 bits per heavy atom. The third-order valence-electron chi connectivity index (χ3n) is 3.81. The highest BCUT2D eigenvalue weighted by Crippen LogP contribution is 2.35. The van der Waals surface area contributed by atoms with Gasteiger partial charge in [0.1, 0.15) is 0 Å². The number of carbonyl (C=O) groups excluding carboxylic acids is 1. The third-order valence-corrected chi connectivity index (χ3v) is 3.81. The maximum atomic E-state index is 11.6. The topological polar surface area (TPSA) is 59.6 Å². The number of ether oxygens (including phenoxy) is 2. The summed E-state index contributed by atoms with van der Waals surface area (Å²) in [6.07, 6.45) is 5.92. The molecule has 3 aliphatic rings. The number of urea groups is 1. The maximum absolute atomic E-state index is 11.6. The number of hydrogen-bond donors (Lipinski definition) is 2. The molecule has 3 fully saturated rings. The van der Waals surface area contributed by atoms with Gasteiger partial charge in [-0.05, 0) is 25.7 Å². The van der Waals surface area contributed by atoms with E-state index in [2.05, 4.69) is 10.6 Å². The van der Waals surface area contributed by atoms with Crippen LogP contribution in [0.25, 0.3) is 0 Å². The van der Waals surface area contributed by atoms with Gasteiger partial charge in [0.15, 0.2) is 5.79 Å². The van der Waals surface area contributed by atoms with Gasteiger partial charge in [-0.3, -0.25) is 0 Å². The Morgan fingerprint density at radius 1 is 0.941 bits per heavy atom. The van der Waals surface area contributed by atoms with Crippen molar-refractivity contribution in [3.05, 3.63) is 0 Å². The van der Waals surface area contributed by atoms with Gasteiger partial charge in [0.2, 0.25) is 0 Å². The van der Waals surface area contributed by atoms with E-state index in [-0.39, 0.29) is 17.9 Å². The molecule has 2 N–H and O–H groups in total. The van der Waals surface area contributed by atoms with E-state index in [0.29, 0.717) is 19.3 Å². The second kappa shape index (κ2) is 4.46. The minimum Gasteiger partial charge on any atom is -0.348 e. The van der Waals surface area contributed by atoms with E-state index >= 15 is 0 Å². The van der Waals surface area contributed by atoms with Crippen molar-refractivity contribution in [1.29, 1.82) is 0 Å². The van der Waals surface area contributed by atoms with E-state index in [1.165, 1.54) is 0 Å². The average Bonchev–Trinajstić information content (AvgIpc) is 3.01. The summed E-state index contributed by atoms with van der Waals surface area (Å²) >= 11 is 0. The molecular formula is C12H20N2O3. The first-order valence-corrected chi connectivity index (χ1v) is 6.61. The summed E-state index contributed by atoms with van der Waals surface area (Å²) in [7, 11) is 0. The number of nitrogens with one attached hydrogen (secondary N) is 2. The molecule has 1 heterocycles. The van der Waals surface area contributed by atoms with Crippen LogP contribution in [0.1, 0.15) is 38.5 Å². The van der Waals surface area contributed by atoms with Crippen LogP contribution >= 0.6 is 0 Å². The van der Waals surface area contributed by atoms with E-state index in [0.717, 1.165) is 38.5 Å². The van der Waals surface area contributed by atoms with Gasteiger partial charge in [-0.2, -0.15) is 0 Å². The lowest BCUT2D eigenvalue weighted by Gasteiger charge is -2.35. The van der Waals surface area contributed by atoms with Gasteiger partial charge in [0.05, 0.1) is 13.2 Å². The molecule has 1 spiro atoms. The number of hydrogen-bond acceptors (Lipinski definition) is 3. The Labute approximate surface area is 101 Å². The Hall–Kier alpha value is -0.810. The van der Waals surface area contributed by atoms with Crippen LogP contribution in [0.3, 0.4) is 0 Å². The van der Waals surface area contributed by atoms with Crippen molar-refractivity contribution in [1.82, 2.24) is 10.6 Å². The fourth-order valence-electron chi connectivity index (χ4n) is 2.63. The number of carbonyl (C=O) groups is 1. The Kier molecular flexibility index (Phi) is 2.96. The normalized spacial score (nSPS) is 28.2. The molecule has 0 radical (unpaired) electrons.